The summed E-state index contributed by atoms with van der Waals surface area (Å²) in [4.78, 5) is 13.5. The van der Waals surface area contributed by atoms with Crippen molar-refractivity contribution in [1.82, 2.24) is 4.90 Å². The molecule has 0 saturated carbocycles. The molecule has 1 aliphatic rings. The molecule has 3 rings (SSSR count). The van der Waals surface area contributed by atoms with Gasteiger partial charge in [-0.3, -0.25) is 9.69 Å². The normalized spacial score (nSPS) is 14.4. The summed E-state index contributed by atoms with van der Waals surface area (Å²) in [5.74, 6) is 0.748. The largest absolute Gasteiger partial charge is 0.493 e. The average Bonchev–Trinajstić information content (AvgIpc) is 2.83. The van der Waals surface area contributed by atoms with Crippen LogP contribution in [-0.4, -0.2) is 43.3 Å². The minimum absolute atomic E-state index is 0.0681. The first-order chi connectivity index (χ1) is 12.6. The van der Waals surface area contributed by atoms with Gasteiger partial charge in [-0.1, -0.05) is 24.3 Å². The minimum atomic E-state index is -0.792. The van der Waals surface area contributed by atoms with Gasteiger partial charge in [0.1, 0.15) is 0 Å². The third-order valence-corrected chi connectivity index (χ3v) is 4.95. The standard InChI is InChI=1S/C21H25NO4/c1-25-19-11-16-7-9-22(10-8-17(16)12-20(19)26-2)14-18-6-4-3-5-15(18)13-21(23)24/h3-6,11-12H,7-10,13-14H2,1-2H3,(H,23,24). The van der Waals surface area contributed by atoms with Crippen LogP contribution in [0.2, 0.25) is 0 Å². The second-order valence-corrected chi connectivity index (χ2v) is 6.59. The highest BCUT2D eigenvalue weighted by Crippen LogP contribution is 2.32. The SMILES string of the molecule is COc1cc2c(cc1OC)CCN(Cc1ccccc1CC(=O)O)CC2. The Morgan fingerprint density at radius 2 is 1.54 bits per heavy atom. The number of carbonyl (C=O) groups is 1. The molecule has 0 amide bonds. The van der Waals surface area contributed by atoms with E-state index in [1.807, 2.05) is 24.3 Å². The van der Waals surface area contributed by atoms with Gasteiger partial charge in [0.25, 0.3) is 0 Å². The Morgan fingerprint density at radius 1 is 1.00 bits per heavy atom. The molecule has 0 bridgehead atoms. The number of ether oxygens (including phenoxy) is 2. The zero-order valence-corrected chi connectivity index (χ0v) is 15.3. The number of aliphatic carboxylic acids is 1. The van der Waals surface area contributed by atoms with Gasteiger partial charge in [0.15, 0.2) is 11.5 Å². The van der Waals surface area contributed by atoms with Crippen LogP contribution in [0.1, 0.15) is 22.3 Å². The zero-order valence-electron chi connectivity index (χ0n) is 15.3. The van der Waals surface area contributed by atoms with Gasteiger partial charge in [0, 0.05) is 19.6 Å². The highest BCUT2D eigenvalue weighted by molar-refractivity contribution is 5.70. The molecule has 0 saturated heterocycles. The molecule has 1 heterocycles. The minimum Gasteiger partial charge on any atom is -0.493 e. The molecule has 5 heteroatoms. The molecule has 0 spiro atoms. The quantitative estimate of drug-likeness (QED) is 0.863. The van der Waals surface area contributed by atoms with Crippen molar-refractivity contribution in [3.8, 4) is 11.5 Å². The number of hydrogen-bond donors (Lipinski definition) is 1. The van der Waals surface area contributed by atoms with Crippen LogP contribution in [0, 0.1) is 0 Å². The van der Waals surface area contributed by atoms with Crippen LogP contribution in [0.5, 0.6) is 11.5 Å². The first-order valence-corrected chi connectivity index (χ1v) is 8.85. The molecule has 138 valence electrons. The Balaban J connectivity index is 1.75. The Kier molecular flexibility index (Phi) is 5.78. The molecular weight excluding hydrogens is 330 g/mol. The van der Waals surface area contributed by atoms with Crippen molar-refractivity contribution < 1.29 is 19.4 Å². The van der Waals surface area contributed by atoms with E-state index in [9.17, 15) is 4.79 Å². The molecule has 1 aliphatic heterocycles. The molecular formula is C21H25NO4. The molecule has 0 aromatic heterocycles. The van der Waals surface area contributed by atoms with Crippen LogP contribution in [0.3, 0.4) is 0 Å². The van der Waals surface area contributed by atoms with Gasteiger partial charge in [-0.05, 0) is 47.2 Å². The summed E-state index contributed by atoms with van der Waals surface area (Å²) < 4.78 is 10.8. The predicted octanol–water partition coefficient (Wildman–Crippen LogP) is 2.93. The van der Waals surface area contributed by atoms with Crippen LogP contribution in [0.15, 0.2) is 36.4 Å². The van der Waals surface area contributed by atoms with Gasteiger partial charge in [-0.25, -0.2) is 0 Å². The maximum absolute atomic E-state index is 11.1. The molecule has 1 N–H and O–H groups in total. The predicted molar refractivity (Wildman–Crippen MR) is 100 cm³/mol. The summed E-state index contributed by atoms with van der Waals surface area (Å²) in [6, 6.07) is 12.0. The van der Waals surface area contributed by atoms with Gasteiger partial charge in [0.05, 0.1) is 20.6 Å². The van der Waals surface area contributed by atoms with Crippen LogP contribution in [0.4, 0.5) is 0 Å². The van der Waals surface area contributed by atoms with E-state index in [1.165, 1.54) is 11.1 Å². The monoisotopic (exact) mass is 355 g/mol. The van der Waals surface area contributed by atoms with Crippen molar-refractivity contribution in [2.75, 3.05) is 27.3 Å². The fraction of sp³-hybridized carbons (Fsp3) is 0.381. The molecule has 0 aliphatic carbocycles. The summed E-state index contributed by atoms with van der Waals surface area (Å²) in [6.45, 7) is 2.64. The summed E-state index contributed by atoms with van der Waals surface area (Å²) in [7, 11) is 3.32. The van der Waals surface area contributed by atoms with E-state index in [1.54, 1.807) is 14.2 Å². The summed E-state index contributed by atoms with van der Waals surface area (Å²) in [5, 5.41) is 9.12. The number of nitrogens with zero attached hydrogens (tertiary/aromatic N) is 1. The van der Waals surface area contributed by atoms with Gasteiger partial charge < -0.3 is 14.6 Å². The van der Waals surface area contributed by atoms with Crippen molar-refractivity contribution in [2.24, 2.45) is 0 Å². The smallest absolute Gasteiger partial charge is 0.307 e. The lowest BCUT2D eigenvalue weighted by Crippen LogP contribution is -2.26. The first kappa shape index (κ1) is 18.3. The van der Waals surface area contributed by atoms with Gasteiger partial charge in [-0.2, -0.15) is 0 Å². The molecule has 2 aromatic rings. The zero-order chi connectivity index (χ0) is 18.5. The third-order valence-electron chi connectivity index (χ3n) is 4.95. The fourth-order valence-corrected chi connectivity index (χ4v) is 3.54. The molecule has 0 unspecified atom stereocenters. The van der Waals surface area contributed by atoms with E-state index in [0.717, 1.165) is 55.1 Å². The van der Waals surface area contributed by atoms with E-state index < -0.39 is 5.97 Å². The number of carboxylic acid groups (broad SMARTS) is 1. The van der Waals surface area contributed by atoms with Gasteiger partial charge in [0.2, 0.25) is 0 Å². The van der Waals surface area contributed by atoms with Crippen LogP contribution in [0.25, 0.3) is 0 Å². The van der Waals surface area contributed by atoms with Crippen molar-refractivity contribution in [1.29, 1.82) is 0 Å². The Bertz CT molecular complexity index is 753. The van der Waals surface area contributed by atoms with Crippen LogP contribution in [-0.2, 0) is 30.6 Å². The third kappa shape index (κ3) is 4.17. The number of rotatable bonds is 6. The lowest BCUT2D eigenvalue weighted by Gasteiger charge is -2.21. The van der Waals surface area contributed by atoms with E-state index in [2.05, 4.69) is 17.0 Å². The molecule has 0 atom stereocenters. The van der Waals surface area contributed by atoms with E-state index in [-0.39, 0.29) is 6.42 Å². The maximum atomic E-state index is 11.1. The number of methoxy groups -OCH3 is 2. The molecule has 0 radical (unpaired) electrons. The van der Waals surface area contributed by atoms with E-state index in [0.29, 0.717) is 0 Å². The topological polar surface area (TPSA) is 59.0 Å². The summed E-state index contributed by atoms with van der Waals surface area (Å²) >= 11 is 0. The highest BCUT2D eigenvalue weighted by Gasteiger charge is 2.18. The molecule has 0 fully saturated rings. The summed E-state index contributed by atoms with van der Waals surface area (Å²) in [5.41, 5.74) is 4.58. The van der Waals surface area contributed by atoms with Crippen molar-refractivity contribution in [2.45, 2.75) is 25.8 Å². The Morgan fingerprint density at radius 3 is 2.04 bits per heavy atom. The Labute approximate surface area is 154 Å². The second-order valence-electron chi connectivity index (χ2n) is 6.59. The van der Waals surface area contributed by atoms with E-state index in [4.69, 9.17) is 14.6 Å². The average molecular weight is 355 g/mol. The number of hydrogen-bond acceptors (Lipinski definition) is 4. The summed E-state index contributed by atoms with van der Waals surface area (Å²) in [6.07, 6.45) is 1.95. The molecule has 26 heavy (non-hydrogen) atoms. The highest BCUT2D eigenvalue weighted by atomic mass is 16.5. The first-order valence-electron chi connectivity index (χ1n) is 8.85. The molecule has 2 aromatic carbocycles. The number of carboxylic acids is 1. The van der Waals surface area contributed by atoms with Crippen LogP contribution < -0.4 is 9.47 Å². The van der Waals surface area contributed by atoms with Crippen molar-refractivity contribution in [3.05, 3.63) is 58.7 Å². The van der Waals surface area contributed by atoms with Gasteiger partial charge in [-0.15, -0.1) is 0 Å². The number of fused-ring (bicyclic) bond motifs is 1. The lowest BCUT2D eigenvalue weighted by molar-refractivity contribution is -0.136. The van der Waals surface area contributed by atoms with Gasteiger partial charge >= 0.3 is 5.97 Å². The van der Waals surface area contributed by atoms with Crippen LogP contribution >= 0.6 is 0 Å². The molecule has 5 nitrogen and oxygen atoms in total. The second kappa shape index (κ2) is 8.23. The van der Waals surface area contributed by atoms with Crippen molar-refractivity contribution in [3.63, 3.8) is 0 Å². The van der Waals surface area contributed by atoms with E-state index >= 15 is 0 Å². The van der Waals surface area contributed by atoms with Crippen molar-refractivity contribution >= 4 is 5.97 Å². The fourth-order valence-electron chi connectivity index (χ4n) is 3.54. The maximum Gasteiger partial charge on any atom is 0.307 e. The Hall–Kier alpha value is -2.53. The number of benzene rings is 2. The lowest BCUT2D eigenvalue weighted by atomic mass is 10.0.